The zero-order chi connectivity index (χ0) is 40.5. The second-order valence-electron chi connectivity index (χ2n) is 16.8. The van der Waals surface area contributed by atoms with Crippen molar-refractivity contribution in [3.63, 3.8) is 0 Å². The Morgan fingerprint density at radius 1 is 0.210 bits per heavy atom. The Bertz CT molecular complexity index is 3860. The highest BCUT2D eigenvalue weighted by Crippen LogP contribution is 2.49. The molecule has 2 heterocycles. The summed E-state index contributed by atoms with van der Waals surface area (Å²) >= 11 is 0. The van der Waals surface area contributed by atoms with E-state index >= 15 is 0 Å². The van der Waals surface area contributed by atoms with E-state index in [9.17, 15) is 0 Å². The molecule has 2 heteroatoms. The summed E-state index contributed by atoms with van der Waals surface area (Å²) in [5, 5.41) is 16.8. The SMILES string of the molecule is c1ccc(-c2cc(-c3ccc4oc5cc6ccccc6cc5c4c3)c3ccc4c(-c5ccccc5)cc(-c5ccc6oc7cc8ccccc8cc7c6c5)c5ccc2c3c45)cc1. The van der Waals surface area contributed by atoms with Crippen LogP contribution in [0.2, 0.25) is 0 Å². The van der Waals surface area contributed by atoms with Crippen LogP contribution in [0.15, 0.2) is 215 Å². The van der Waals surface area contributed by atoms with Crippen molar-refractivity contribution in [3.05, 3.63) is 206 Å². The molecule has 0 aliphatic rings. The van der Waals surface area contributed by atoms with Crippen LogP contribution in [0.4, 0.5) is 0 Å². The molecule has 0 amide bonds. The molecule has 0 fully saturated rings. The molecule has 2 nitrogen and oxygen atoms in total. The van der Waals surface area contributed by atoms with Gasteiger partial charge in [0.2, 0.25) is 0 Å². The van der Waals surface area contributed by atoms with Gasteiger partial charge in [0.05, 0.1) is 0 Å². The minimum absolute atomic E-state index is 0.896. The van der Waals surface area contributed by atoms with Crippen LogP contribution in [0.1, 0.15) is 0 Å². The zero-order valence-corrected chi connectivity index (χ0v) is 33.4. The second-order valence-corrected chi connectivity index (χ2v) is 16.8. The lowest BCUT2D eigenvalue weighted by molar-refractivity contribution is 0.669. The Kier molecular flexibility index (Phi) is 6.86. The van der Waals surface area contributed by atoms with Crippen molar-refractivity contribution in [1.82, 2.24) is 0 Å². The van der Waals surface area contributed by atoms with Gasteiger partial charge >= 0.3 is 0 Å². The first-order valence-corrected chi connectivity index (χ1v) is 21.3. The van der Waals surface area contributed by atoms with Gasteiger partial charge in [-0.25, -0.2) is 0 Å². The van der Waals surface area contributed by atoms with Gasteiger partial charge < -0.3 is 8.83 Å². The Morgan fingerprint density at radius 3 is 0.952 bits per heavy atom. The van der Waals surface area contributed by atoms with E-state index in [-0.39, 0.29) is 0 Å². The van der Waals surface area contributed by atoms with Crippen molar-refractivity contribution in [2.45, 2.75) is 0 Å². The van der Waals surface area contributed by atoms with Gasteiger partial charge in [0, 0.05) is 21.5 Å². The number of fused-ring (bicyclic) bond motifs is 8. The smallest absolute Gasteiger partial charge is 0.136 e. The fraction of sp³-hybridized carbons (Fsp3) is 0. The van der Waals surface area contributed by atoms with Crippen LogP contribution in [-0.4, -0.2) is 0 Å². The fourth-order valence-electron chi connectivity index (χ4n) is 10.4. The molecule has 0 saturated carbocycles. The van der Waals surface area contributed by atoms with Crippen LogP contribution in [0.25, 0.3) is 142 Å². The lowest BCUT2D eigenvalue weighted by Crippen LogP contribution is -1.94. The highest BCUT2D eigenvalue weighted by molar-refractivity contribution is 6.32. The molecule has 12 aromatic carbocycles. The van der Waals surface area contributed by atoms with E-state index in [2.05, 4.69) is 206 Å². The van der Waals surface area contributed by atoms with Crippen LogP contribution in [-0.2, 0) is 0 Å². The van der Waals surface area contributed by atoms with E-state index in [4.69, 9.17) is 8.83 Å². The number of hydrogen-bond donors (Lipinski definition) is 0. The molecule has 0 saturated heterocycles. The lowest BCUT2D eigenvalue weighted by atomic mass is 9.82. The molecule has 286 valence electrons. The summed E-state index contributed by atoms with van der Waals surface area (Å²) in [5.41, 5.74) is 13.2. The monoisotopic (exact) mass is 786 g/mol. The molecule has 2 aromatic heterocycles. The Balaban J connectivity index is 1.08. The van der Waals surface area contributed by atoms with Gasteiger partial charge in [0.15, 0.2) is 0 Å². The van der Waals surface area contributed by atoms with Gasteiger partial charge in [0.25, 0.3) is 0 Å². The summed E-state index contributed by atoms with van der Waals surface area (Å²) in [6, 6.07) is 75.4. The highest BCUT2D eigenvalue weighted by atomic mass is 16.3. The number of furan rings is 2. The number of rotatable bonds is 4. The summed E-state index contributed by atoms with van der Waals surface area (Å²) in [6.45, 7) is 0. The minimum atomic E-state index is 0.896. The second kappa shape index (κ2) is 12.7. The average molecular weight is 787 g/mol. The molecule has 0 unspecified atom stereocenters. The maximum absolute atomic E-state index is 6.49. The van der Waals surface area contributed by atoms with Crippen LogP contribution in [0.5, 0.6) is 0 Å². The molecule has 0 spiro atoms. The molecule has 0 N–H and O–H groups in total. The Morgan fingerprint density at radius 2 is 0.548 bits per heavy atom. The Hall–Kier alpha value is -8.20. The predicted molar refractivity (Wildman–Crippen MR) is 261 cm³/mol. The first-order chi connectivity index (χ1) is 30.7. The quantitative estimate of drug-likeness (QED) is 0.166. The van der Waals surface area contributed by atoms with E-state index in [1.165, 1.54) is 87.2 Å². The third-order valence-corrected chi connectivity index (χ3v) is 13.4. The molecule has 0 aliphatic carbocycles. The maximum atomic E-state index is 6.49. The van der Waals surface area contributed by atoms with Crippen LogP contribution in [0, 0.1) is 0 Å². The van der Waals surface area contributed by atoms with Crippen molar-refractivity contribution >= 4 is 97.7 Å². The molecule has 0 bridgehead atoms. The molecule has 0 aliphatic heterocycles. The van der Waals surface area contributed by atoms with Gasteiger partial charge in [0.1, 0.15) is 22.3 Å². The van der Waals surface area contributed by atoms with Gasteiger partial charge in [-0.3, -0.25) is 0 Å². The molecule has 14 aromatic rings. The van der Waals surface area contributed by atoms with Gasteiger partial charge in [-0.15, -0.1) is 0 Å². The molecular formula is C60H34O2. The minimum Gasteiger partial charge on any atom is -0.456 e. The summed E-state index contributed by atoms with van der Waals surface area (Å²) in [5.74, 6) is 0. The fourth-order valence-corrected chi connectivity index (χ4v) is 10.4. The van der Waals surface area contributed by atoms with Crippen molar-refractivity contribution in [2.24, 2.45) is 0 Å². The predicted octanol–water partition coefficient (Wildman–Crippen LogP) is 17.4. The summed E-state index contributed by atoms with van der Waals surface area (Å²) in [7, 11) is 0. The molecule has 14 rings (SSSR count). The van der Waals surface area contributed by atoms with Crippen molar-refractivity contribution in [1.29, 1.82) is 0 Å². The lowest BCUT2D eigenvalue weighted by Gasteiger charge is -2.21. The normalized spacial score (nSPS) is 12.2. The third kappa shape index (κ3) is 4.86. The van der Waals surface area contributed by atoms with Crippen LogP contribution in [0.3, 0.4) is 0 Å². The topological polar surface area (TPSA) is 26.3 Å². The van der Waals surface area contributed by atoms with Gasteiger partial charge in [-0.1, -0.05) is 146 Å². The maximum Gasteiger partial charge on any atom is 0.136 e. The average Bonchev–Trinajstić information content (AvgIpc) is 3.88. The van der Waals surface area contributed by atoms with Crippen molar-refractivity contribution < 1.29 is 8.83 Å². The summed E-state index contributed by atoms with van der Waals surface area (Å²) < 4.78 is 13.0. The first kappa shape index (κ1) is 33.6. The van der Waals surface area contributed by atoms with E-state index in [0.29, 0.717) is 0 Å². The standard InChI is InChI=1S/C60H34O2/c1-3-11-35(12-4-1)47-33-49(41-19-25-55-51(29-41)53-27-37-15-7-9-17-39(37)31-57(53)61-55)45-24-22-44-48(36-13-5-2-6-14-36)34-50(46-23-21-43(47)59(45)60(44)46)42-20-26-56-52(30-42)54-28-38-16-8-10-18-40(38)32-58(54)62-56/h1-34H. The van der Waals surface area contributed by atoms with Gasteiger partial charge in [-0.2, -0.15) is 0 Å². The first-order valence-electron chi connectivity index (χ1n) is 21.3. The van der Waals surface area contributed by atoms with Gasteiger partial charge in [-0.05, 0) is 159 Å². The van der Waals surface area contributed by atoms with Crippen molar-refractivity contribution in [3.8, 4) is 44.5 Å². The number of hydrogen-bond acceptors (Lipinski definition) is 2. The molecule has 62 heavy (non-hydrogen) atoms. The molecular weight excluding hydrogens is 753 g/mol. The number of benzene rings is 12. The largest absolute Gasteiger partial charge is 0.456 e. The van der Waals surface area contributed by atoms with Crippen LogP contribution < -0.4 is 0 Å². The molecule has 0 atom stereocenters. The Labute approximate surface area is 355 Å². The summed E-state index contributed by atoms with van der Waals surface area (Å²) in [6.07, 6.45) is 0. The van der Waals surface area contributed by atoms with E-state index in [1.54, 1.807) is 0 Å². The highest BCUT2D eigenvalue weighted by Gasteiger charge is 2.22. The third-order valence-electron chi connectivity index (χ3n) is 13.4. The molecule has 0 radical (unpaired) electrons. The van der Waals surface area contributed by atoms with E-state index in [0.717, 1.165) is 55.0 Å². The van der Waals surface area contributed by atoms with E-state index in [1.807, 2.05) is 0 Å². The van der Waals surface area contributed by atoms with E-state index < -0.39 is 0 Å². The van der Waals surface area contributed by atoms with Crippen molar-refractivity contribution in [2.75, 3.05) is 0 Å². The van der Waals surface area contributed by atoms with Crippen LogP contribution >= 0.6 is 0 Å². The summed E-state index contributed by atoms with van der Waals surface area (Å²) in [4.78, 5) is 0. The zero-order valence-electron chi connectivity index (χ0n) is 33.4.